The van der Waals surface area contributed by atoms with Crippen LogP contribution >= 0.6 is 11.3 Å². The first-order valence-electron chi connectivity index (χ1n) is 18.5. The highest BCUT2D eigenvalue weighted by molar-refractivity contribution is 7.13. The summed E-state index contributed by atoms with van der Waals surface area (Å²) in [5, 5.41) is 23.7. The third-order valence-corrected chi connectivity index (χ3v) is 9.02. The molecule has 0 aliphatic carbocycles. The second-order valence-corrected chi connectivity index (χ2v) is 13.8. The molecule has 52 heavy (non-hydrogen) atoms. The van der Waals surface area contributed by atoms with E-state index in [1.165, 1.54) is 37.5 Å². The van der Waals surface area contributed by atoms with Crippen LogP contribution in [0.3, 0.4) is 0 Å². The second kappa shape index (κ2) is 31.3. The molecule has 2 amide bonds. The summed E-state index contributed by atoms with van der Waals surface area (Å²) in [7, 11) is 0. The van der Waals surface area contributed by atoms with Crippen molar-refractivity contribution in [2.75, 3.05) is 59.4 Å². The molecule has 0 saturated heterocycles. The van der Waals surface area contributed by atoms with Crippen LogP contribution < -0.4 is 10.6 Å². The summed E-state index contributed by atoms with van der Waals surface area (Å²) >= 11 is 1.36. The van der Waals surface area contributed by atoms with Crippen LogP contribution in [-0.2, 0) is 49.3 Å². The average Bonchev–Trinajstić information content (AvgIpc) is 3.58. The van der Waals surface area contributed by atoms with Crippen LogP contribution in [0.5, 0.6) is 0 Å². The van der Waals surface area contributed by atoms with Gasteiger partial charge in [0.25, 0.3) is 0 Å². The molecule has 0 unspecified atom stereocenters. The van der Waals surface area contributed by atoms with Gasteiger partial charge in [-0.15, -0.1) is 11.3 Å². The van der Waals surface area contributed by atoms with Crippen molar-refractivity contribution >= 4 is 46.7 Å². The fourth-order valence-electron chi connectivity index (χ4n) is 5.09. The second-order valence-electron chi connectivity index (χ2n) is 12.6. The number of hydrogen-bond acceptors (Lipinski definition) is 11. The third-order valence-electron chi connectivity index (χ3n) is 7.89. The van der Waals surface area contributed by atoms with Crippen molar-refractivity contribution in [2.24, 2.45) is 0 Å². The molecule has 1 heterocycles. The molecule has 14 nitrogen and oxygen atoms in total. The SMILES string of the molecule is CC(=O)COCCOCCNC(=O)COCCOCCCC(=O)CC[C@H](NC(=O)CCCCCCCCCCCCc1ccc(C(=O)O)s1)C(=O)O. The van der Waals surface area contributed by atoms with Crippen LogP contribution in [-0.4, -0.2) is 111 Å². The van der Waals surface area contributed by atoms with Gasteiger partial charge in [0.05, 0.1) is 33.0 Å². The molecule has 0 aliphatic rings. The van der Waals surface area contributed by atoms with Crippen molar-refractivity contribution in [3.63, 3.8) is 0 Å². The lowest BCUT2D eigenvalue weighted by Gasteiger charge is -2.14. The van der Waals surface area contributed by atoms with Crippen LogP contribution in [0, 0.1) is 0 Å². The van der Waals surface area contributed by atoms with Crippen LogP contribution in [0.1, 0.15) is 118 Å². The molecule has 15 heteroatoms. The highest BCUT2D eigenvalue weighted by Gasteiger charge is 2.20. The summed E-state index contributed by atoms with van der Waals surface area (Å²) < 4.78 is 21.0. The van der Waals surface area contributed by atoms with E-state index >= 15 is 0 Å². The minimum Gasteiger partial charge on any atom is -0.480 e. The zero-order valence-corrected chi connectivity index (χ0v) is 31.6. The summed E-state index contributed by atoms with van der Waals surface area (Å²) in [6, 6.07) is 2.48. The Morgan fingerprint density at radius 2 is 1.25 bits per heavy atom. The normalized spacial score (nSPS) is 11.6. The molecule has 0 aromatic carbocycles. The summed E-state index contributed by atoms with van der Waals surface area (Å²) in [6.07, 6.45) is 12.6. The van der Waals surface area contributed by atoms with Gasteiger partial charge in [-0.1, -0.05) is 51.4 Å². The van der Waals surface area contributed by atoms with Crippen molar-refractivity contribution in [2.45, 2.75) is 116 Å². The number of rotatable bonds is 36. The number of thiophene rings is 1. The lowest BCUT2D eigenvalue weighted by atomic mass is 10.0. The summed E-state index contributed by atoms with van der Waals surface area (Å²) in [6.45, 7) is 3.45. The van der Waals surface area contributed by atoms with Gasteiger partial charge in [0.2, 0.25) is 11.8 Å². The molecule has 296 valence electrons. The van der Waals surface area contributed by atoms with Crippen LogP contribution in [0.2, 0.25) is 0 Å². The Bertz CT molecular complexity index is 1180. The van der Waals surface area contributed by atoms with Crippen LogP contribution in [0.15, 0.2) is 12.1 Å². The van der Waals surface area contributed by atoms with Gasteiger partial charge >= 0.3 is 11.9 Å². The maximum Gasteiger partial charge on any atom is 0.345 e. The smallest absolute Gasteiger partial charge is 0.345 e. The molecule has 1 rings (SSSR count). The Hall–Kier alpha value is -3.24. The Balaban J connectivity index is 1.94. The predicted octanol–water partition coefficient (Wildman–Crippen LogP) is 4.75. The minimum absolute atomic E-state index is 0.0397. The van der Waals surface area contributed by atoms with E-state index in [0.29, 0.717) is 50.7 Å². The number of carbonyl (C=O) groups excluding carboxylic acids is 4. The number of carboxylic acid groups (broad SMARTS) is 2. The summed E-state index contributed by atoms with van der Waals surface area (Å²) in [5.41, 5.74) is 0. The van der Waals surface area contributed by atoms with E-state index in [1.807, 2.05) is 6.07 Å². The molecule has 1 aromatic heterocycles. The maximum absolute atomic E-state index is 12.3. The number of unbranched alkanes of at least 4 members (excludes halogenated alkanes) is 9. The Morgan fingerprint density at radius 3 is 1.87 bits per heavy atom. The van der Waals surface area contributed by atoms with Gasteiger partial charge in [0.1, 0.15) is 29.9 Å². The third kappa shape index (κ3) is 27.4. The van der Waals surface area contributed by atoms with Gasteiger partial charge in [0, 0.05) is 37.3 Å². The molecule has 0 radical (unpaired) electrons. The molecule has 1 atom stereocenters. The van der Waals surface area contributed by atoms with Crippen molar-refractivity contribution in [1.29, 1.82) is 0 Å². The van der Waals surface area contributed by atoms with E-state index in [4.69, 9.17) is 24.1 Å². The van der Waals surface area contributed by atoms with Crippen molar-refractivity contribution in [1.82, 2.24) is 10.6 Å². The topological polar surface area (TPSA) is 204 Å². The Morgan fingerprint density at radius 1 is 0.654 bits per heavy atom. The van der Waals surface area contributed by atoms with Gasteiger partial charge in [0.15, 0.2) is 5.78 Å². The van der Waals surface area contributed by atoms with E-state index < -0.39 is 18.0 Å². The van der Waals surface area contributed by atoms with Gasteiger partial charge in [-0.05, 0) is 51.2 Å². The monoisotopic (exact) mass is 756 g/mol. The molecule has 0 spiro atoms. The van der Waals surface area contributed by atoms with Crippen molar-refractivity contribution < 1.29 is 57.9 Å². The summed E-state index contributed by atoms with van der Waals surface area (Å²) in [4.78, 5) is 71.1. The number of nitrogens with one attached hydrogen (secondary N) is 2. The van der Waals surface area contributed by atoms with Crippen LogP contribution in [0.4, 0.5) is 0 Å². The number of carbonyl (C=O) groups is 6. The van der Waals surface area contributed by atoms with Gasteiger partial charge in [-0.25, -0.2) is 9.59 Å². The largest absolute Gasteiger partial charge is 0.480 e. The van der Waals surface area contributed by atoms with E-state index in [2.05, 4.69) is 10.6 Å². The first kappa shape index (κ1) is 46.8. The zero-order valence-electron chi connectivity index (χ0n) is 30.8. The number of amides is 2. The van der Waals surface area contributed by atoms with Gasteiger partial charge < -0.3 is 39.8 Å². The van der Waals surface area contributed by atoms with E-state index in [9.17, 15) is 33.9 Å². The highest BCUT2D eigenvalue weighted by Crippen LogP contribution is 2.19. The van der Waals surface area contributed by atoms with Gasteiger partial charge in [-0.2, -0.15) is 0 Å². The standard InChI is InChI=1S/C37H60N2O12S/c1-29(40)27-50-25-24-49-22-20-38-35(43)28-51-26-23-48-21-12-13-30(41)16-18-32(36(44)45)39-34(42)15-11-9-7-5-3-2-4-6-8-10-14-31-17-19-33(52-31)37(46)47/h17,19,32H,2-16,18,20-28H2,1H3,(H,38,43)(H,39,42)(H,44,45)(H,46,47)/t32-/m0/s1. The molecular weight excluding hydrogens is 696 g/mol. The number of aryl methyl sites for hydroxylation is 1. The fourth-order valence-corrected chi connectivity index (χ4v) is 5.97. The van der Waals surface area contributed by atoms with Crippen LogP contribution in [0.25, 0.3) is 0 Å². The van der Waals surface area contributed by atoms with Crippen molar-refractivity contribution in [3.05, 3.63) is 21.9 Å². The summed E-state index contributed by atoms with van der Waals surface area (Å²) in [5.74, 6) is -2.77. The number of ketones is 2. The Labute approximate surface area is 311 Å². The molecule has 1 aromatic rings. The first-order valence-corrected chi connectivity index (χ1v) is 19.3. The molecule has 0 saturated carbocycles. The maximum atomic E-state index is 12.3. The quantitative estimate of drug-likeness (QED) is 0.0686. The number of aliphatic carboxylic acids is 1. The molecule has 0 bridgehead atoms. The highest BCUT2D eigenvalue weighted by atomic mass is 32.1. The number of aromatic carboxylic acids is 1. The predicted molar refractivity (Wildman–Crippen MR) is 196 cm³/mol. The molecule has 0 fully saturated rings. The zero-order chi connectivity index (χ0) is 38.2. The lowest BCUT2D eigenvalue weighted by Crippen LogP contribution is -2.41. The molecule has 4 N–H and O–H groups in total. The van der Waals surface area contributed by atoms with Gasteiger partial charge in [-0.3, -0.25) is 19.2 Å². The average molecular weight is 757 g/mol. The van der Waals surface area contributed by atoms with Crippen molar-refractivity contribution in [3.8, 4) is 0 Å². The number of hydrogen-bond donors (Lipinski definition) is 4. The van der Waals surface area contributed by atoms with E-state index in [-0.39, 0.29) is 75.5 Å². The lowest BCUT2D eigenvalue weighted by molar-refractivity contribution is -0.142. The number of Topliss-reactive ketones (excluding diaryl/α,β-unsaturated/α-hetero) is 2. The van der Waals surface area contributed by atoms with E-state index in [1.54, 1.807) is 6.07 Å². The molecular formula is C37H60N2O12S. The fraction of sp³-hybridized carbons (Fsp3) is 0.730. The Kier molecular flexibility index (Phi) is 28.2. The minimum atomic E-state index is -1.15. The first-order chi connectivity index (χ1) is 25.1. The van der Waals surface area contributed by atoms with E-state index in [0.717, 1.165) is 49.8 Å². The number of ether oxygens (including phenoxy) is 4. The number of carboxylic acids is 2. The molecule has 0 aliphatic heterocycles.